The molecule has 3 amide bonds. The Labute approximate surface area is 347 Å². The van der Waals surface area contributed by atoms with Crippen LogP contribution in [0, 0.1) is 18.8 Å². The van der Waals surface area contributed by atoms with Crippen LogP contribution in [0.4, 0.5) is 15.3 Å². The fraction of sp³-hybridized carbons (Fsp3) is 0.575. The summed E-state index contributed by atoms with van der Waals surface area (Å²) in [4.78, 5) is 88.1. The topological polar surface area (TPSA) is 266 Å². The smallest absolute Gasteiger partial charge is 0.410 e. The van der Waals surface area contributed by atoms with Gasteiger partial charge in [0, 0.05) is 51.8 Å². The molecule has 0 aliphatic carbocycles. The fourth-order valence-corrected chi connectivity index (χ4v) is 6.99. The number of benzene rings is 1. The predicted octanol–water partition coefficient (Wildman–Crippen LogP) is 1.22. The average Bonchev–Trinajstić information content (AvgIpc) is 3.66. The number of hydrogen-bond donors (Lipinski definition) is 6. The highest BCUT2D eigenvalue weighted by atomic mass is 16.6. The number of anilines is 1. The van der Waals surface area contributed by atoms with Gasteiger partial charge in [0.25, 0.3) is 5.56 Å². The summed E-state index contributed by atoms with van der Waals surface area (Å²) in [5.74, 6) is -0.527. The van der Waals surface area contributed by atoms with E-state index in [9.17, 15) is 39.0 Å². The lowest BCUT2D eigenvalue weighted by Gasteiger charge is -2.26. The number of aromatic nitrogens is 4. The van der Waals surface area contributed by atoms with E-state index >= 15 is 0 Å². The minimum Gasteiger partial charge on any atom is -0.445 e. The maximum Gasteiger partial charge on any atom is 0.410 e. The van der Waals surface area contributed by atoms with Gasteiger partial charge in [0.15, 0.2) is 29.3 Å². The summed E-state index contributed by atoms with van der Waals surface area (Å²) in [6.45, 7) is 8.74. The van der Waals surface area contributed by atoms with Crippen LogP contribution in [0.15, 0.2) is 46.5 Å². The van der Waals surface area contributed by atoms with Gasteiger partial charge in [0.2, 0.25) is 5.91 Å². The van der Waals surface area contributed by atoms with Crippen molar-refractivity contribution in [2.45, 2.75) is 90.2 Å². The molecule has 0 spiro atoms. The number of nitrogens with zero attached hydrogens (tertiary/aromatic N) is 5. The Morgan fingerprint density at radius 1 is 1.10 bits per heavy atom. The molecule has 1 aromatic carbocycles. The van der Waals surface area contributed by atoms with Crippen LogP contribution < -0.4 is 27.6 Å². The molecule has 1 saturated heterocycles. The third-order valence-electron chi connectivity index (χ3n) is 10.4. The van der Waals surface area contributed by atoms with E-state index in [1.165, 1.54) is 32.0 Å². The van der Waals surface area contributed by atoms with Crippen LogP contribution in [0.5, 0.6) is 0 Å². The number of carbonyl (C=O) groups is 4. The van der Waals surface area contributed by atoms with Crippen LogP contribution in [0.1, 0.15) is 57.1 Å². The first kappa shape index (κ1) is 47.3. The number of nitrogens with one attached hydrogen (secondary N) is 3. The molecule has 7 N–H and O–H groups in total. The van der Waals surface area contributed by atoms with Gasteiger partial charge in [-0.05, 0) is 57.0 Å². The molecule has 0 bridgehead atoms. The number of likely N-dealkylation sites (N-methyl/N-ethyl adjacent to an activating group) is 3. The Hall–Kier alpha value is -5.41. The van der Waals surface area contributed by atoms with Crippen molar-refractivity contribution in [2.24, 2.45) is 17.6 Å². The van der Waals surface area contributed by atoms with E-state index in [4.69, 9.17) is 19.9 Å². The number of nitrogens with two attached hydrogens (primary N) is 1. The number of aryl methyl sites for hydroxylation is 1. The number of ketones is 1. The third kappa shape index (κ3) is 11.4. The number of aromatic amines is 1. The number of imidazole rings is 1. The number of fused-ring (bicyclic) bond motifs is 1. The maximum absolute atomic E-state index is 13.6. The quantitative estimate of drug-likeness (QED) is 0.0651. The summed E-state index contributed by atoms with van der Waals surface area (Å²) >= 11 is 0. The number of amides is 3. The molecule has 330 valence electrons. The highest BCUT2D eigenvalue weighted by Crippen LogP contribution is 2.33. The van der Waals surface area contributed by atoms with Crippen molar-refractivity contribution in [1.29, 1.82) is 0 Å². The van der Waals surface area contributed by atoms with E-state index < -0.39 is 60.5 Å². The third-order valence-corrected chi connectivity index (χ3v) is 10.4. The number of rotatable bonds is 21. The highest BCUT2D eigenvalue weighted by Gasteiger charge is 2.49. The minimum absolute atomic E-state index is 0.0173. The van der Waals surface area contributed by atoms with E-state index in [2.05, 4.69) is 27.2 Å². The van der Waals surface area contributed by atoms with Crippen LogP contribution in [0.2, 0.25) is 0 Å². The number of hydrogen-bond acceptors (Lipinski definition) is 14. The van der Waals surface area contributed by atoms with Crippen LogP contribution in [-0.2, 0) is 37.0 Å². The summed E-state index contributed by atoms with van der Waals surface area (Å²) in [6.07, 6.45) is -3.88. The zero-order valence-corrected chi connectivity index (χ0v) is 35.1. The summed E-state index contributed by atoms with van der Waals surface area (Å²) in [7, 11) is 4.62. The number of aliphatic hydroxyl groups excluding tert-OH is 2. The molecule has 3 heterocycles. The Bertz CT molecular complexity index is 2080. The summed E-state index contributed by atoms with van der Waals surface area (Å²) in [6, 6.07) is 6.42. The monoisotopic (exact) mass is 841 g/mol. The standard InChI is InChI=1S/C40H59N9O11/c1-8-17-48-31-34(43-24(4)44-36(31)54)49(38(48)55)37-33(32(52)29(21-50)59-37)60-40(57)47(7)19-18-46(6)39(56)58-22-25-12-14-27(15-13-25)45-35(53)26(11-9-10-16-41)20-28(51)30(42-5)23(2)3/h8,12-15,23,26,29-30,32-33,37,42,50,52H,1,9-11,16-22,41H2,2-7H3,(H,45,53)(H,43,44,54)/t26-,29-,30+,32-,33?,37-/m1/s1. The number of carbonyl (C=O) groups excluding carboxylic acids is 4. The average molecular weight is 842 g/mol. The number of aliphatic hydroxyl groups is 2. The second-order valence-electron chi connectivity index (χ2n) is 15.2. The van der Waals surface area contributed by atoms with Gasteiger partial charge in [-0.2, -0.15) is 0 Å². The van der Waals surface area contributed by atoms with Gasteiger partial charge in [-0.25, -0.2) is 23.9 Å². The lowest BCUT2D eigenvalue weighted by Crippen LogP contribution is -2.43. The summed E-state index contributed by atoms with van der Waals surface area (Å²) < 4.78 is 19.0. The number of Topliss-reactive ketones (excluding diaryl/α,β-unsaturated/α-hetero) is 1. The van der Waals surface area contributed by atoms with E-state index in [0.717, 1.165) is 26.9 Å². The zero-order chi connectivity index (χ0) is 44.3. The molecule has 4 rings (SSSR count). The molecule has 6 atom stereocenters. The zero-order valence-electron chi connectivity index (χ0n) is 35.1. The van der Waals surface area contributed by atoms with Gasteiger partial charge < -0.3 is 55.6 Å². The van der Waals surface area contributed by atoms with Crippen LogP contribution >= 0.6 is 0 Å². The number of H-pyrrole nitrogens is 1. The molecule has 0 saturated carbocycles. The molecule has 20 heteroatoms. The van der Waals surface area contributed by atoms with E-state index in [-0.39, 0.29) is 73.3 Å². The second-order valence-corrected chi connectivity index (χ2v) is 15.2. The molecule has 1 aliphatic rings. The first-order chi connectivity index (χ1) is 28.6. The molecular weight excluding hydrogens is 782 g/mol. The Morgan fingerprint density at radius 3 is 2.37 bits per heavy atom. The largest absolute Gasteiger partial charge is 0.445 e. The van der Waals surface area contributed by atoms with Gasteiger partial charge in [-0.15, -0.1) is 6.58 Å². The second kappa shape index (κ2) is 21.7. The summed E-state index contributed by atoms with van der Waals surface area (Å²) in [5.41, 5.74) is 5.32. The predicted molar refractivity (Wildman–Crippen MR) is 221 cm³/mol. The van der Waals surface area contributed by atoms with E-state index in [1.54, 1.807) is 31.3 Å². The van der Waals surface area contributed by atoms with E-state index in [0.29, 0.717) is 24.2 Å². The molecule has 60 heavy (non-hydrogen) atoms. The Balaban J connectivity index is 1.32. The number of ether oxygens (including phenoxy) is 3. The van der Waals surface area contributed by atoms with Gasteiger partial charge in [-0.3, -0.25) is 19.0 Å². The Kier molecular flexibility index (Phi) is 17.1. The van der Waals surface area contributed by atoms with E-state index in [1.807, 2.05) is 13.8 Å². The first-order valence-electron chi connectivity index (χ1n) is 19.9. The number of allylic oxidation sites excluding steroid dienone is 1. The van der Waals surface area contributed by atoms with Gasteiger partial charge in [0.05, 0.1) is 12.6 Å². The summed E-state index contributed by atoms with van der Waals surface area (Å²) in [5, 5.41) is 26.8. The minimum atomic E-state index is -1.56. The molecule has 20 nitrogen and oxygen atoms in total. The van der Waals surface area contributed by atoms with Gasteiger partial charge in [0.1, 0.15) is 24.6 Å². The fourth-order valence-electron chi connectivity index (χ4n) is 6.99. The van der Waals surface area contributed by atoms with Crippen molar-refractivity contribution in [3.05, 3.63) is 69.1 Å². The lowest BCUT2D eigenvalue weighted by atomic mass is 9.89. The van der Waals surface area contributed by atoms with Crippen LogP contribution in [0.3, 0.4) is 0 Å². The molecule has 3 aromatic rings. The molecular formula is C40H59N9O11. The molecule has 1 aliphatic heterocycles. The van der Waals surface area contributed by atoms with Crippen LogP contribution in [0.25, 0.3) is 11.2 Å². The van der Waals surface area contributed by atoms with Gasteiger partial charge in [-0.1, -0.05) is 38.5 Å². The van der Waals surface area contributed by atoms with Crippen molar-refractivity contribution in [3.63, 3.8) is 0 Å². The highest BCUT2D eigenvalue weighted by molar-refractivity contribution is 5.96. The Morgan fingerprint density at radius 2 is 1.77 bits per heavy atom. The SMILES string of the molecule is C=CCn1c(=O)n([C@@H]2O[C@H](CO)[C@@H](O)C2OC(=O)N(C)CCN(C)C(=O)OCc2ccc(NC(=O)[C@H](CCCCN)CC(=O)[C@@H](NC)C(C)C)cc2)c2nc(C)[nH]c(=O)c21. The normalized spacial score (nSPS) is 18.6. The van der Waals surface area contributed by atoms with Crippen LogP contribution in [-0.4, -0.2) is 135 Å². The van der Waals surface area contributed by atoms with Crippen molar-refractivity contribution >= 4 is 40.7 Å². The van der Waals surface area contributed by atoms with Crippen molar-refractivity contribution in [1.82, 2.24) is 34.2 Å². The first-order valence-corrected chi connectivity index (χ1v) is 19.9. The van der Waals surface area contributed by atoms with Crippen molar-refractivity contribution < 1.29 is 43.6 Å². The molecule has 1 unspecified atom stereocenters. The van der Waals surface area contributed by atoms with Gasteiger partial charge >= 0.3 is 17.9 Å². The lowest BCUT2D eigenvalue weighted by molar-refractivity contribution is -0.128. The van der Waals surface area contributed by atoms with Crippen molar-refractivity contribution in [2.75, 3.05) is 52.7 Å². The molecule has 0 radical (unpaired) electrons. The maximum atomic E-state index is 13.6. The molecule has 1 fully saturated rings. The number of unbranched alkanes of at least 4 members (excludes halogenated alkanes) is 1. The van der Waals surface area contributed by atoms with Crippen molar-refractivity contribution in [3.8, 4) is 0 Å². The molecule has 2 aromatic heterocycles.